The summed E-state index contributed by atoms with van der Waals surface area (Å²) in [5.41, 5.74) is 1.23. The van der Waals surface area contributed by atoms with Crippen molar-refractivity contribution in [3.63, 3.8) is 0 Å². The SMILES string of the molecule is CCN(CC)C(CNC(=O)C1CNCCO1)c1ccccc1.Cl.Cl. The van der Waals surface area contributed by atoms with Crippen LogP contribution in [0.5, 0.6) is 0 Å². The molecule has 1 heterocycles. The van der Waals surface area contributed by atoms with E-state index in [9.17, 15) is 4.79 Å². The van der Waals surface area contributed by atoms with Gasteiger partial charge in [-0.3, -0.25) is 9.69 Å². The molecule has 1 aromatic rings. The molecule has 1 amide bonds. The van der Waals surface area contributed by atoms with E-state index in [1.54, 1.807) is 0 Å². The summed E-state index contributed by atoms with van der Waals surface area (Å²) in [6.07, 6.45) is -0.373. The van der Waals surface area contributed by atoms with Crippen LogP contribution in [0.1, 0.15) is 25.5 Å². The van der Waals surface area contributed by atoms with Gasteiger partial charge >= 0.3 is 0 Å². The number of nitrogens with one attached hydrogen (secondary N) is 2. The lowest BCUT2D eigenvalue weighted by Crippen LogP contribution is -2.49. The van der Waals surface area contributed by atoms with Gasteiger partial charge in [-0.2, -0.15) is 0 Å². The summed E-state index contributed by atoms with van der Waals surface area (Å²) in [6, 6.07) is 10.5. The Hall–Kier alpha value is -0.850. The molecule has 1 aliphatic rings. The van der Waals surface area contributed by atoms with E-state index >= 15 is 0 Å². The Morgan fingerprint density at radius 3 is 2.50 bits per heavy atom. The van der Waals surface area contributed by atoms with Crippen LogP contribution in [-0.2, 0) is 9.53 Å². The minimum absolute atomic E-state index is 0. The van der Waals surface area contributed by atoms with Gasteiger partial charge in [0.2, 0.25) is 0 Å². The molecule has 1 saturated heterocycles. The Balaban J connectivity index is 0.00000264. The normalized spacial score (nSPS) is 18.2. The molecule has 2 atom stereocenters. The van der Waals surface area contributed by atoms with Gasteiger partial charge in [-0.15, -0.1) is 24.8 Å². The minimum atomic E-state index is -0.373. The third-order valence-corrected chi connectivity index (χ3v) is 4.13. The molecule has 2 N–H and O–H groups in total. The smallest absolute Gasteiger partial charge is 0.250 e. The lowest BCUT2D eigenvalue weighted by atomic mass is 10.0. The molecule has 0 aliphatic carbocycles. The van der Waals surface area contributed by atoms with Crippen molar-refractivity contribution < 1.29 is 9.53 Å². The van der Waals surface area contributed by atoms with Gasteiger partial charge in [0, 0.05) is 19.6 Å². The van der Waals surface area contributed by atoms with Crippen LogP contribution in [0.25, 0.3) is 0 Å². The van der Waals surface area contributed by atoms with Crippen molar-refractivity contribution >= 4 is 30.7 Å². The van der Waals surface area contributed by atoms with Crippen LogP contribution in [0.4, 0.5) is 0 Å². The summed E-state index contributed by atoms with van der Waals surface area (Å²) in [6.45, 7) is 8.80. The second kappa shape index (κ2) is 12.5. The van der Waals surface area contributed by atoms with Gasteiger partial charge in [-0.05, 0) is 18.7 Å². The first-order valence-corrected chi connectivity index (χ1v) is 8.15. The van der Waals surface area contributed by atoms with Crippen LogP contribution in [-0.4, -0.2) is 56.2 Å². The number of nitrogens with zero attached hydrogens (tertiary/aromatic N) is 1. The summed E-state index contributed by atoms with van der Waals surface area (Å²) >= 11 is 0. The molecule has 0 spiro atoms. The molecule has 1 fully saturated rings. The standard InChI is InChI=1S/C17H27N3O2.2ClH/c1-3-20(4-2)15(14-8-6-5-7-9-14)12-19-17(21)16-13-18-10-11-22-16;;/h5-9,15-16,18H,3-4,10-13H2,1-2H3,(H,19,21);2*1H. The fourth-order valence-electron chi connectivity index (χ4n) is 2.84. The number of rotatable bonds is 7. The van der Waals surface area contributed by atoms with E-state index in [0.717, 1.165) is 19.6 Å². The number of halogens is 2. The highest BCUT2D eigenvalue weighted by Gasteiger charge is 2.24. The molecule has 0 bridgehead atoms. The van der Waals surface area contributed by atoms with Crippen molar-refractivity contribution in [3.05, 3.63) is 35.9 Å². The number of likely N-dealkylation sites (N-methyl/N-ethyl adjacent to an activating group) is 1. The number of amides is 1. The average Bonchev–Trinajstić information content (AvgIpc) is 2.60. The van der Waals surface area contributed by atoms with Crippen LogP contribution in [0.3, 0.4) is 0 Å². The Morgan fingerprint density at radius 1 is 1.29 bits per heavy atom. The Morgan fingerprint density at radius 2 is 1.96 bits per heavy atom. The number of hydrogen-bond acceptors (Lipinski definition) is 4. The Bertz CT molecular complexity index is 452. The van der Waals surface area contributed by atoms with Crippen molar-refractivity contribution in [1.82, 2.24) is 15.5 Å². The summed E-state index contributed by atoms with van der Waals surface area (Å²) < 4.78 is 5.50. The van der Waals surface area contributed by atoms with Gasteiger partial charge in [-0.25, -0.2) is 0 Å². The number of carbonyl (C=O) groups is 1. The van der Waals surface area contributed by atoms with Crippen LogP contribution >= 0.6 is 24.8 Å². The Labute approximate surface area is 157 Å². The van der Waals surface area contributed by atoms with Crippen LogP contribution in [0.15, 0.2) is 30.3 Å². The fourth-order valence-corrected chi connectivity index (χ4v) is 2.84. The molecule has 2 unspecified atom stereocenters. The number of morpholine rings is 1. The summed E-state index contributed by atoms with van der Waals surface area (Å²) in [5, 5.41) is 6.24. The largest absolute Gasteiger partial charge is 0.366 e. The zero-order valence-corrected chi connectivity index (χ0v) is 16.0. The van der Waals surface area contributed by atoms with Gasteiger partial charge in [-0.1, -0.05) is 44.2 Å². The summed E-state index contributed by atoms with van der Waals surface area (Å²) in [7, 11) is 0. The second-order valence-electron chi connectivity index (χ2n) is 5.46. The lowest BCUT2D eigenvalue weighted by Gasteiger charge is -2.31. The molecule has 0 saturated carbocycles. The van der Waals surface area contributed by atoms with Gasteiger partial charge < -0.3 is 15.4 Å². The van der Waals surface area contributed by atoms with E-state index in [1.807, 2.05) is 18.2 Å². The maximum atomic E-state index is 12.2. The molecule has 1 aliphatic heterocycles. The summed E-state index contributed by atoms with van der Waals surface area (Å²) in [4.78, 5) is 14.6. The van der Waals surface area contributed by atoms with Gasteiger partial charge in [0.05, 0.1) is 12.6 Å². The maximum Gasteiger partial charge on any atom is 0.250 e. The van der Waals surface area contributed by atoms with E-state index < -0.39 is 0 Å². The van der Waals surface area contributed by atoms with Crippen molar-refractivity contribution in [2.24, 2.45) is 0 Å². The van der Waals surface area contributed by atoms with Crippen LogP contribution in [0.2, 0.25) is 0 Å². The number of ether oxygens (including phenoxy) is 1. The van der Waals surface area contributed by atoms with E-state index in [0.29, 0.717) is 19.7 Å². The predicted molar refractivity (Wildman–Crippen MR) is 102 cm³/mol. The minimum Gasteiger partial charge on any atom is -0.366 e. The molecule has 1 aromatic carbocycles. The molecule has 2 rings (SSSR count). The molecular formula is C17H29Cl2N3O2. The number of hydrogen-bond donors (Lipinski definition) is 2. The highest BCUT2D eigenvalue weighted by molar-refractivity contribution is 5.85. The first-order chi connectivity index (χ1) is 10.8. The topological polar surface area (TPSA) is 53.6 Å². The van der Waals surface area contributed by atoms with E-state index in [4.69, 9.17) is 4.74 Å². The van der Waals surface area contributed by atoms with E-state index in [-0.39, 0.29) is 42.9 Å². The third kappa shape index (κ3) is 6.57. The van der Waals surface area contributed by atoms with Gasteiger partial charge in [0.25, 0.3) is 5.91 Å². The lowest BCUT2D eigenvalue weighted by molar-refractivity contribution is -0.134. The zero-order valence-electron chi connectivity index (χ0n) is 14.4. The first-order valence-electron chi connectivity index (χ1n) is 8.15. The average molecular weight is 378 g/mol. The van der Waals surface area contributed by atoms with E-state index in [1.165, 1.54) is 5.56 Å². The first kappa shape index (κ1) is 23.1. The van der Waals surface area contributed by atoms with Crippen molar-refractivity contribution in [3.8, 4) is 0 Å². The van der Waals surface area contributed by atoms with Gasteiger partial charge in [0.15, 0.2) is 0 Å². The number of benzene rings is 1. The molecule has 7 heteroatoms. The van der Waals surface area contributed by atoms with Crippen molar-refractivity contribution in [2.45, 2.75) is 26.0 Å². The quantitative estimate of drug-likeness (QED) is 0.762. The number of carbonyl (C=O) groups excluding carboxylic acids is 1. The highest BCUT2D eigenvalue weighted by Crippen LogP contribution is 2.19. The molecule has 138 valence electrons. The van der Waals surface area contributed by atoms with Gasteiger partial charge in [0.1, 0.15) is 6.10 Å². The molecule has 0 radical (unpaired) electrons. The predicted octanol–water partition coefficient (Wildman–Crippen LogP) is 2.02. The van der Waals surface area contributed by atoms with Crippen molar-refractivity contribution in [1.29, 1.82) is 0 Å². The third-order valence-electron chi connectivity index (χ3n) is 4.13. The van der Waals surface area contributed by atoms with Crippen LogP contribution in [0, 0.1) is 0 Å². The second-order valence-corrected chi connectivity index (χ2v) is 5.46. The Kier molecular flexibility index (Phi) is 12.1. The monoisotopic (exact) mass is 377 g/mol. The molecule has 24 heavy (non-hydrogen) atoms. The molecule has 5 nitrogen and oxygen atoms in total. The maximum absolute atomic E-state index is 12.2. The fraction of sp³-hybridized carbons (Fsp3) is 0.588. The summed E-state index contributed by atoms with van der Waals surface area (Å²) in [5.74, 6) is -0.0275. The highest BCUT2D eigenvalue weighted by atomic mass is 35.5. The molecular weight excluding hydrogens is 349 g/mol. The van der Waals surface area contributed by atoms with E-state index in [2.05, 4.69) is 41.5 Å². The van der Waals surface area contributed by atoms with Crippen molar-refractivity contribution in [2.75, 3.05) is 39.3 Å². The van der Waals surface area contributed by atoms with Crippen LogP contribution < -0.4 is 10.6 Å². The zero-order chi connectivity index (χ0) is 15.8. The molecule has 0 aromatic heterocycles.